The molecular weight excluding hydrogens is 260 g/mol. The van der Waals surface area contributed by atoms with Crippen LogP contribution in [0.3, 0.4) is 0 Å². The molecule has 2 rings (SSSR count). The highest BCUT2D eigenvalue weighted by atomic mass is 16.6. The molecule has 1 aromatic heterocycles. The van der Waals surface area contributed by atoms with Crippen LogP contribution in [0, 0.1) is 17.0 Å². The Morgan fingerprint density at radius 1 is 1.35 bits per heavy atom. The summed E-state index contributed by atoms with van der Waals surface area (Å²) in [4.78, 5) is 18.6. The van der Waals surface area contributed by atoms with E-state index in [0.29, 0.717) is 24.1 Å². The van der Waals surface area contributed by atoms with E-state index in [1.807, 2.05) is 6.07 Å². The maximum Gasteiger partial charge on any atom is 0.269 e. The molecule has 0 amide bonds. The number of nitro groups is 1. The molecule has 0 unspecified atom stereocenters. The lowest BCUT2D eigenvalue weighted by atomic mass is 10.2. The summed E-state index contributed by atoms with van der Waals surface area (Å²) >= 11 is 0. The Morgan fingerprint density at radius 2 is 2.15 bits per heavy atom. The SMILES string of the molecule is COc1cc(NCc2cccc([N+](=O)[O-])c2)nc(C)n1. The van der Waals surface area contributed by atoms with Crippen molar-refractivity contribution in [2.45, 2.75) is 13.5 Å². The Morgan fingerprint density at radius 3 is 2.85 bits per heavy atom. The second-order valence-electron chi connectivity index (χ2n) is 4.12. The highest BCUT2D eigenvalue weighted by molar-refractivity contribution is 5.41. The first-order valence-electron chi connectivity index (χ1n) is 5.95. The lowest BCUT2D eigenvalue weighted by molar-refractivity contribution is -0.384. The fourth-order valence-corrected chi connectivity index (χ4v) is 1.71. The fraction of sp³-hybridized carbons (Fsp3) is 0.231. The molecule has 20 heavy (non-hydrogen) atoms. The number of ether oxygens (including phenoxy) is 1. The molecule has 0 radical (unpaired) electrons. The van der Waals surface area contributed by atoms with Gasteiger partial charge < -0.3 is 10.1 Å². The number of nitrogens with one attached hydrogen (secondary N) is 1. The van der Waals surface area contributed by atoms with Crippen molar-refractivity contribution in [1.29, 1.82) is 0 Å². The number of methoxy groups -OCH3 is 1. The first kappa shape index (κ1) is 13.7. The van der Waals surface area contributed by atoms with Crippen LogP contribution in [0.25, 0.3) is 0 Å². The predicted molar refractivity (Wildman–Crippen MR) is 73.7 cm³/mol. The number of aromatic nitrogens is 2. The molecule has 0 bridgehead atoms. The van der Waals surface area contributed by atoms with E-state index in [-0.39, 0.29) is 5.69 Å². The summed E-state index contributed by atoms with van der Waals surface area (Å²) < 4.78 is 5.06. The molecule has 0 fully saturated rings. The minimum atomic E-state index is -0.415. The zero-order valence-electron chi connectivity index (χ0n) is 11.2. The maximum absolute atomic E-state index is 10.7. The van der Waals surface area contributed by atoms with Crippen LogP contribution >= 0.6 is 0 Å². The van der Waals surface area contributed by atoms with E-state index in [1.54, 1.807) is 19.1 Å². The number of hydrogen-bond donors (Lipinski definition) is 1. The number of benzene rings is 1. The van der Waals surface area contributed by atoms with Crippen molar-refractivity contribution in [1.82, 2.24) is 9.97 Å². The van der Waals surface area contributed by atoms with Crippen LogP contribution in [0.5, 0.6) is 5.88 Å². The lowest BCUT2D eigenvalue weighted by Gasteiger charge is -2.08. The predicted octanol–water partition coefficient (Wildman–Crippen LogP) is 2.31. The lowest BCUT2D eigenvalue weighted by Crippen LogP contribution is -2.04. The molecule has 1 N–H and O–H groups in total. The molecule has 0 aliphatic carbocycles. The summed E-state index contributed by atoms with van der Waals surface area (Å²) in [6.45, 7) is 2.20. The van der Waals surface area contributed by atoms with Crippen molar-refractivity contribution in [3.8, 4) is 5.88 Å². The van der Waals surface area contributed by atoms with Crippen molar-refractivity contribution < 1.29 is 9.66 Å². The third-order valence-electron chi connectivity index (χ3n) is 2.62. The summed E-state index contributed by atoms with van der Waals surface area (Å²) in [6, 6.07) is 8.12. The van der Waals surface area contributed by atoms with Crippen LogP contribution in [0.2, 0.25) is 0 Å². The molecule has 0 spiro atoms. The molecule has 1 aromatic carbocycles. The van der Waals surface area contributed by atoms with Crippen molar-refractivity contribution in [2.75, 3.05) is 12.4 Å². The quantitative estimate of drug-likeness (QED) is 0.664. The van der Waals surface area contributed by atoms with Crippen molar-refractivity contribution in [2.24, 2.45) is 0 Å². The third kappa shape index (κ3) is 3.41. The van der Waals surface area contributed by atoms with Crippen LogP contribution in [-0.2, 0) is 6.54 Å². The third-order valence-corrected chi connectivity index (χ3v) is 2.62. The largest absolute Gasteiger partial charge is 0.481 e. The molecule has 0 saturated carbocycles. The minimum absolute atomic E-state index is 0.0701. The van der Waals surface area contributed by atoms with Crippen LogP contribution in [-0.4, -0.2) is 22.0 Å². The monoisotopic (exact) mass is 274 g/mol. The van der Waals surface area contributed by atoms with Gasteiger partial charge >= 0.3 is 0 Å². The Bertz CT molecular complexity index is 631. The summed E-state index contributed by atoms with van der Waals surface area (Å²) in [6.07, 6.45) is 0. The van der Waals surface area contributed by atoms with E-state index in [1.165, 1.54) is 19.2 Å². The molecule has 7 nitrogen and oxygen atoms in total. The zero-order chi connectivity index (χ0) is 14.5. The molecule has 0 aliphatic heterocycles. The summed E-state index contributed by atoms with van der Waals surface area (Å²) in [7, 11) is 1.53. The standard InChI is InChI=1S/C13H14N4O3/c1-9-15-12(7-13(16-9)20-2)14-8-10-4-3-5-11(6-10)17(18)19/h3-7H,8H2,1-2H3,(H,14,15,16). The number of rotatable bonds is 5. The van der Waals surface area contributed by atoms with Gasteiger partial charge in [0.05, 0.1) is 12.0 Å². The van der Waals surface area contributed by atoms with Gasteiger partial charge in [-0.15, -0.1) is 0 Å². The summed E-state index contributed by atoms with van der Waals surface area (Å²) in [5, 5.41) is 13.8. The van der Waals surface area contributed by atoms with Crippen molar-refractivity contribution in [3.05, 3.63) is 51.8 Å². The number of nitro benzene ring substituents is 1. The van der Waals surface area contributed by atoms with Crippen LogP contribution in [0.15, 0.2) is 30.3 Å². The molecule has 0 aliphatic rings. The first-order chi connectivity index (χ1) is 9.58. The van der Waals surface area contributed by atoms with Gasteiger partial charge in [-0.1, -0.05) is 12.1 Å². The van der Waals surface area contributed by atoms with Gasteiger partial charge in [-0.2, -0.15) is 4.98 Å². The van der Waals surface area contributed by atoms with E-state index >= 15 is 0 Å². The Hall–Kier alpha value is -2.70. The highest BCUT2D eigenvalue weighted by Gasteiger charge is 2.06. The first-order valence-corrected chi connectivity index (χ1v) is 5.95. The second-order valence-corrected chi connectivity index (χ2v) is 4.12. The molecule has 1 heterocycles. The van der Waals surface area contributed by atoms with E-state index in [2.05, 4.69) is 15.3 Å². The molecular formula is C13H14N4O3. The van der Waals surface area contributed by atoms with E-state index in [9.17, 15) is 10.1 Å². The number of non-ortho nitro benzene ring substituents is 1. The molecule has 2 aromatic rings. The number of nitrogens with zero attached hydrogens (tertiary/aromatic N) is 3. The Balaban J connectivity index is 2.10. The highest BCUT2D eigenvalue weighted by Crippen LogP contribution is 2.16. The zero-order valence-corrected chi connectivity index (χ0v) is 11.2. The molecule has 7 heteroatoms. The van der Waals surface area contributed by atoms with Gasteiger partial charge in [0.15, 0.2) is 0 Å². The number of anilines is 1. The average molecular weight is 274 g/mol. The Kier molecular flexibility index (Phi) is 4.09. The molecule has 0 atom stereocenters. The summed E-state index contributed by atoms with van der Waals surface area (Å²) in [5.41, 5.74) is 0.871. The maximum atomic E-state index is 10.7. The molecule has 0 saturated heterocycles. The van der Waals surface area contributed by atoms with E-state index in [0.717, 1.165) is 5.56 Å². The number of hydrogen-bond acceptors (Lipinski definition) is 6. The summed E-state index contributed by atoms with van der Waals surface area (Å²) in [5.74, 6) is 1.67. The van der Waals surface area contributed by atoms with Gasteiger partial charge in [0.25, 0.3) is 5.69 Å². The van der Waals surface area contributed by atoms with Gasteiger partial charge in [-0.25, -0.2) is 4.98 Å². The minimum Gasteiger partial charge on any atom is -0.481 e. The fourth-order valence-electron chi connectivity index (χ4n) is 1.71. The van der Waals surface area contributed by atoms with Crippen molar-refractivity contribution in [3.63, 3.8) is 0 Å². The average Bonchev–Trinajstić information content (AvgIpc) is 2.44. The normalized spacial score (nSPS) is 10.1. The van der Waals surface area contributed by atoms with E-state index < -0.39 is 4.92 Å². The van der Waals surface area contributed by atoms with Crippen LogP contribution < -0.4 is 10.1 Å². The second kappa shape index (κ2) is 5.96. The van der Waals surface area contributed by atoms with Crippen LogP contribution in [0.1, 0.15) is 11.4 Å². The molecule has 104 valence electrons. The van der Waals surface area contributed by atoms with E-state index in [4.69, 9.17) is 4.74 Å². The smallest absolute Gasteiger partial charge is 0.269 e. The van der Waals surface area contributed by atoms with Gasteiger partial charge in [0, 0.05) is 24.7 Å². The van der Waals surface area contributed by atoms with Gasteiger partial charge in [-0.3, -0.25) is 10.1 Å². The van der Waals surface area contributed by atoms with Gasteiger partial charge in [0.2, 0.25) is 5.88 Å². The van der Waals surface area contributed by atoms with Gasteiger partial charge in [0.1, 0.15) is 11.6 Å². The van der Waals surface area contributed by atoms with Crippen molar-refractivity contribution >= 4 is 11.5 Å². The van der Waals surface area contributed by atoms with Gasteiger partial charge in [-0.05, 0) is 12.5 Å². The number of aryl methyl sites for hydroxylation is 1. The Labute approximate surface area is 115 Å². The topological polar surface area (TPSA) is 90.2 Å². The van der Waals surface area contributed by atoms with Crippen LogP contribution in [0.4, 0.5) is 11.5 Å².